The summed E-state index contributed by atoms with van der Waals surface area (Å²) in [5.74, 6) is -0.585. The maximum Gasteiger partial charge on any atom is 0.416 e. The summed E-state index contributed by atoms with van der Waals surface area (Å²) in [4.78, 5) is 18.3. The predicted octanol–water partition coefficient (Wildman–Crippen LogP) is 2.99. The second kappa shape index (κ2) is 6.32. The van der Waals surface area contributed by atoms with Gasteiger partial charge in [0.25, 0.3) is 5.56 Å². The molecule has 146 valence electrons. The van der Waals surface area contributed by atoms with E-state index in [0.29, 0.717) is 42.4 Å². The van der Waals surface area contributed by atoms with Crippen molar-refractivity contribution in [3.8, 4) is 0 Å². The van der Waals surface area contributed by atoms with Crippen molar-refractivity contribution in [1.82, 2.24) is 4.98 Å². The minimum Gasteiger partial charge on any atom is -0.398 e. The lowest BCUT2D eigenvalue weighted by atomic mass is 10.0. The molecule has 1 spiro atoms. The Bertz CT molecular complexity index is 939. The van der Waals surface area contributed by atoms with E-state index in [4.69, 9.17) is 15.2 Å². The zero-order chi connectivity index (χ0) is 19.4. The highest BCUT2D eigenvalue weighted by Crippen LogP contribution is 2.38. The second-order valence-electron chi connectivity index (χ2n) is 6.88. The molecule has 0 radical (unpaired) electrons. The van der Waals surface area contributed by atoms with Crippen LogP contribution in [-0.4, -0.2) is 36.6 Å². The average molecular weight is 401 g/mol. The predicted molar refractivity (Wildman–Crippen MR) is 96.0 cm³/mol. The van der Waals surface area contributed by atoms with Crippen LogP contribution < -0.4 is 16.2 Å². The Balaban J connectivity index is 1.64. The van der Waals surface area contributed by atoms with Gasteiger partial charge in [-0.2, -0.15) is 18.2 Å². The number of fused-ring (bicyclic) bond motifs is 1. The first-order chi connectivity index (χ1) is 12.7. The number of nitrogen functional groups attached to an aromatic ring is 1. The SMILES string of the molecule is C[C@@H]1COC2(CCN(c3nc(=O)c4cc(C(F)(F)F)cc(N)c4s3)CC2)O1. The number of nitrogens with zero attached hydrogens (tertiary/aromatic N) is 2. The molecule has 0 unspecified atom stereocenters. The van der Waals surface area contributed by atoms with Gasteiger partial charge in [0.1, 0.15) is 0 Å². The fraction of sp³-hybridized carbons (Fsp3) is 0.529. The third-order valence-corrected chi connectivity index (χ3v) is 6.05. The van der Waals surface area contributed by atoms with Gasteiger partial charge in [-0.15, -0.1) is 0 Å². The standard InChI is InChI=1S/C17H18F3N3O3S/c1-9-8-25-16(26-9)2-4-23(5-3-16)15-22-14(24)11-6-10(17(18,19)20)7-12(21)13(11)27-15/h6-7,9H,2-5,8,21H2,1H3/t9-/m1/s1. The lowest BCUT2D eigenvalue weighted by molar-refractivity contribution is -0.178. The van der Waals surface area contributed by atoms with E-state index in [9.17, 15) is 18.0 Å². The smallest absolute Gasteiger partial charge is 0.398 e. The lowest BCUT2D eigenvalue weighted by Crippen LogP contribution is -2.45. The molecule has 10 heteroatoms. The minimum atomic E-state index is -4.57. The maximum absolute atomic E-state index is 13.0. The molecule has 27 heavy (non-hydrogen) atoms. The number of ether oxygens (including phenoxy) is 2. The van der Waals surface area contributed by atoms with Gasteiger partial charge in [-0.3, -0.25) is 4.79 Å². The normalized spacial score (nSPS) is 22.7. The fourth-order valence-corrected chi connectivity index (χ4v) is 4.54. The van der Waals surface area contributed by atoms with Crippen LogP contribution in [0.15, 0.2) is 16.9 Å². The highest BCUT2D eigenvalue weighted by molar-refractivity contribution is 7.22. The Morgan fingerprint density at radius 2 is 2.04 bits per heavy atom. The molecule has 2 aromatic rings. The first-order valence-electron chi connectivity index (χ1n) is 8.55. The van der Waals surface area contributed by atoms with E-state index in [-0.39, 0.29) is 17.2 Å². The molecule has 0 aliphatic carbocycles. The number of hydrogen-bond donors (Lipinski definition) is 1. The first-order valence-corrected chi connectivity index (χ1v) is 9.37. The number of halogens is 3. The zero-order valence-corrected chi connectivity index (χ0v) is 15.3. The van der Waals surface area contributed by atoms with Gasteiger partial charge in [0.15, 0.2) is 10.9 Å². The largest absolute Gasteiger partial charge is 0.416 e. The van der Waals surface area contributed by atoms with Crippen LogP contribution in [0.5, 0.6) is 0 Å². The molecule has 1 aromatic heterocycles. The Labute approximate surface area is 156 Å². The van der Waals surface area contributed by atoms with Crippen molar-refractivity contribution in [2.24, 2.45) is 0 Å². The number of alkyl halides is 3. The molecule has 0 saturated carbocycles. The molecular weight excluding hydrogens is 383 g/mol. The maximum atomic E-state index is 13.0. The van der Waals surface area contributed by atoms with Crippen molar-refractivity contribution in [3.05, 3.63) is 28.0 Å². The van der Waals surface area contributed by atoms with Crippen LogP contribution in [0.3, 0.4) is 0 Å². The van der Waals surface area contributed by atoms with Gasteiger partial charge < -0.3 is 20.1 Å². The Hall–Kier alpha value is -1.91. The Morgan fingerprint density at radius 3 is 2.63 bits per heavy atom. The van der Waals surface area contributed by atoms with Crippen molar-refractivity contribution in [2.45, 2.75) is 37.8 Å². The van der Waals surface area contributed by atoms with E-state index >= 15 is 0 Å². The molecule has 2 fully saturated rings. The number of hydrogen-bond acceptors (Lipinski definition) is 7. The van der Waals surface area contributed by atoms with Gasteiger partial charge >= 0.3 is 6.18 Å². The second-order valence-corrected chi connectivity index (χ2v) is 7.86. The minimum absolute atomic E-state index is 0.0500. The van der Waals surface area contributed by atoms with E-state index in [2.05, 4.69) is 4.98 Å². The van der Waals surface area contributed by atoms with Crippen LogP contribution in [0.4, 0.5) is 24.0 Å². The summed E-state index contributed by atoms with van der Waals surface area (Å²) in [5, 5.41) is 0.334. The fourth-order valence-electron chi connectivity index (χ4n) is 3.49. The van der Waals surface area contributed by atoms with E-state index in [1.54, 1.807) is 0 Å². The van der Waals surface area contributed by atoms with E-state index in [1.807, 2.05) is 11.8 Å². The number of benzene rings is 1. The van der Waals surface area contributed by atoms with E-state index in [1.165, 1.54) is 0 Å². The number of piperidine rings is 1. The molecule has 2 aliphatic rings. The molecule has 0 amide bonds. The Morgan fingerprint density at radius 1 is 1.33 bits per heavy atom. The Kier molecular flexibility index (Phi) is 4.32. The van der Waals surface area contributed by atoms with Crippen LogP contribution in [0.25, 0.3) is 10.1 Å². The van der Waals surface area contributed by atoms with Crippen molar-refractivity contribution in [2.75, 3.05) is 30.3 Å². The van der Waals surface area contributed by atoms with Crippen molar-refractivity contribution >= 4 is 32.2 Å². The molecule has 2 aliphatic heterocycles. The summed E-state index contributed by atoms with van der Waals surface area (Å²) in [5.41, 5.74) is 4.08. The highest BCUT2D eigenvalue weighted by atomic mass is 32.1. The highest BCUT2D eigenvalue weighted by Gasteiger charge is 2.43. The van der Waals surface area contributed by atoms with Crippen LogP contribution in [0.2, 0.25) is 0 Å². The monoisotopic (exact) mass is 401 g/mol. The summed E-state index contributed by atoms with van der Waals surface area (Å²) in [6.45, 7) is 3.65. The van der Waals surface area contributed by atoms with Crippen molar-refractivity contribution in [1.29, 1.82) is 0 Å². The molecule has 1 atom stereocenters. The van der Waals surface area contributed by atoms with Crippen molar-refractivity contribution < 1.29 is 22.6 Å². The number of anilines is 2. The summed E-state index contributed by atoms with van der Waals surface area (Å²) in [6.07, 6.45) is -3.27. The van der Waals surface area contributed by atoms with Crippen LogP contribution in [0.1, 0.15) is 25.3 Å². The number of nitrogens with two attached hydrogens (primary N) is 1. The average Bonchev–Trinajstić information content (AvgIpc) is 2.95. The molecule has 6 nitrogen and oxygen atoms in total. The third-order valence-electron chi connectivity index (χ3n) is 4.86. The summed E-state index contributed by atoms with van der Waals surface area (Å²) in [7, 11) is 0. The van der Waals surface area contributed by atoms with Gasteiger partial charge in [-0.25, -0.2) is 0 Å². The summed E-state index contributed by atoms with van der Waals surface area (Å²) < 4.78 is 50.9. The van der Waals surface area contributed by atoms with Crippen molar-refractivity contribution in [3.63, 3.8) is 0 Å². The topological polar surface area (TPSA) is 77.7 Å². The lowest BCUT2D eigenvalue weighted by Gasteiger charge is -2.38. The van der Waals surface area contributed by atoms with Gasteiger partial charge in [-0.05, 0) is 19.1 Å². The molecule has 2 N–H and O–H groups in total. The van der Waals surface area contributed by atoms with Gasteiger partial charge in [-0.1, -0.05) is 11.3 Å². The van der Waals surface area contributed by atoms with Gasteiger partial charge in [0.2, 0.25) is 0 Å². The van der Waals surface area contributed by atoms with E-state index < -0.39 is 23.1 Å². The quantitative estimate of drug-likeness (QED) is 0.741. The van der Waals surface area contributed by atoms with Gasteiger partial charge in [0.05, 0.1) is 34.0 Å². The van der Waals surface area contributed by atoms with E-state index in [0.717, 1.165) is 23.5 Å². The summed E-state index contributed by atoms with van der Waals surface area (Å²) >= 11 is 1.13. The van der Waals surface area contributed by atoms with Crippen LogP contribution in [-0.2, 0) is 15.7 Å². The molecule has 0 bridgehead atoms. The van der Waals surface area contributed by atoms with Gasteiger partial charge in [0, 0.05) is 25.9 Å². The first kappa shape index (κ1) is 18.5. The summed E-state index contributed by atoms with van der Waals surface area (Å²) in [6, 6.07) is 1.67. The molecule has 4 rings (SSSR count). The van der Waals surface area contributed by atoms with Crippen LogP contribution >= 0.6 is 11.3 Å². The third kappa shape index (κ3) is 3.37. The van der Waals surface area contributed by atoms with Crippen LogP contribution in [0, 0.1) is 0 Å². The molecule has 2 saturated heterocycles. The molecule has 1 aromatic carbocycles. The number of rotatable bonds is 1. The molecular formula is C17H18F3N3O3S. The molecule has 3 heterocycles. The number of aromatic nitrogens is 1. The zero-order valence-electron chi connectivity index (χ0n) is 14.5.